The molecule has 88 valence electrons. The van der Waals surface area contributed by atoms with Crippen molar-refractivity contribution in [3.05, 3.63) is 36.7 Å². The third-order valence-electron chi connectivity index (χ3n) is 2.77. The van der Waals surface area contributed by atoms with Crippen LogP contribution in [0.15, 0.2) is 31.0 Å². The molecule has 0 radical (unpaired) electrons. The molecule has 2 aromatic rings. The number of rotatable bonds is 3. The van der Waals surface area contributed by atoms with Gasteiger partial charge in [0.15, 0.2) is 0 Å². The van der Waals surface area contributed by atoms with E-state index in [1.807, 2.05) is 12.5 Å². The average molecular weight is 231 g/mol. The average Bonchev–Trinajstić information content (AvgIpc) is 2.86. The van der Waals surface area contributed by atoms with Crippen LogP contribution in [-0.4, -0.2) is 32.7 Å². The van der Waals surface area contributed by atoms with Crippen LogP contribution in [0.2, 0.25) is 0 Å². The van der Waals surface area contributed by atoms with E-state index in [0.29, 0.717) is 12.6 Å². The van der Waals surface area contributed by atoms with E-state index in [2.05, 4.69) is 24.8 Å². The summed E-state index contributed by atoms with van der Waals surface area (Å²) in [5.74, 6) is 0. The van der Waals surface area contributed by atoms with Crippen LogP contribution in [0.25, 0.3) is 0 Å². The quantitative estimate of drug-likeness (QED) is 0.828. The van der Waals surface area contributed by atoms with Crippen molar-refractivity contribution in [2.45, 2.75) is 12.6 Å². The molecule has 0 saturated heterocycles. The van der Waals surface area contributed by atoms with Crippen molar-refractivity contribution in [3.63, 3.8) is 0 Å². The molecule has 0 saturated carbocycles. The van der Waals surface area contributed by atoms with E-state index in [4.69, 9.17) is 4.74 Å². The molecule has 0 fully saturated rings. The summed E-state index contributed by atoms with van der Waals surface area (Å²) in [4.78, 5) is 12.2. The largest absolute Gasteiger partial charge is 0.461 e. The Labute approximate surface area is 98.7 Å². The van der Waals surface area contributed by atoms with E-state index in [1.165, 1.54) is 5.69 Å². The monoisotopic (exact) mass is 231 g/mol. The van der Waals surface area contributed by atoms with Crippen LogP contribution < -0.4 is 10.1 Å². The van der Waals surface area contributed by atoms with Gasteiger partial charge >= 0.3 is 6.01 Å². The van der Waals surface area contributed by atoms with Gasteiger partial charge in [0.1, 0.15) is 6.61 Å². The molecule has 0 amide bonds. The van der Waals surface area contributed by atoms with Gasteiger partial charge in [-0.2, -0.15) is 0 Å². The van der Waals surface area contributed by atoms with Crippen LogP contribution >= 0.6 is 0 Å². The summed E-state index contributed by atoms with van der Waals surface area (Å²) in [6, 6.07) is 2.42. The topological polar surface area (TPSA) is 64.9 Å². The lowest BCUT2D eigenvalue weighted by Gasteiger charge is -2.25. The predicted octanol–water partition coefficient (Wildman–Crippen LogP) is 0.396. The van der Waals surface area contributed by atoms with Gasteiger partial charge in [0.25, 0.3) is 0 Å². The summed E-state index contributed by atoms with van der Waals surface area (Å²) in [6.07, 6.45) is 7.06. The normalized spacial score (nSPS) is 18.7. The fourth-order valence-corrected chi connectivity index (χ4v) is 1.93. The lowest BCUT2D eigenvalue weighted by Crippen LogP contribution is -2.35. The molecule has 1 unspecified atom stereocenters. The molecule has 1 atom stereocenters. The Kier molecular flexibility index (Phi) is 2.71. The maximum atomic E-state index is 5.56. The van der Waals surface area contributed by atoms with Gasteiger partial charge in [-0.1, -0.05) is 0 Å². The minimum atomic E-state index is 0.241. The molecular weight excluding hydrogens is 218 g/mol. The molecule has 3 heterocycles. The lowest BCUT2D eigenvalue weighted by molar-refractivity contribution is 0.216. The zero-order valence-electron chi connectivity index (χ0n) is 9.28. The summed E-state index contributed by atoms with van der Waals surface area (Å²) >= 11 is 0. The van der Waals surface area contributed by atoms with Gasteiger partial charge < -0.3 is 14.6 Å². The Bertz CT molecular complexity index is 484. The minimum absolute atomic E-state index is 0.241. The first-order valence-electron chi connectivity index (χ1n) is 5.55. The Morgan fingerprint density at radius 2 is 2.29 bits per heavy atom. The molecule has 0 aliphatic carbocycles. The summed E-state index contributed by atoms with van der Waals surface area (Å²) in [7, 11) is 0. The first-order valence-corrected chi connectivity index (χ1v) is 5.55. The third kappa shape index (κ3) is 2.12. The van der Waals surface area contributed by atoms with Crippen molar-refractivity contribution in [1.82, 2.24) is 24.8 Å². The van der Waals surface area contributed by atoms with Crippen molar-refractivity contribution >= 4 is 0 Å². The number of hydrogen-bond acceptors (Lipinski definition) is 5. The maximum Gasteiger partial charge on any atom is 0.316 e. The molecule has 1 aliphatic rings. The Balaban J connectivity index is 1.68. The molecule has 1 aliphatic heterocycles. The Morgan fingerprint density at radius 3 is 3.18 bits per heavy atom. The fourth-order valence-electron chi connectivity index (χ4n) is 1.93. The molecule has 6 nitrogen and oxygen atoms in total. The number of aromatic nitrogens is 4. The highest BCUT2D eigenvalue weighted by atomic mass is 16.5. The van der Waals surface area contributed by atoms with Crippen LogP contribution in [0.4, 0.5) is 0 Å². The molecule has 6 heteroatoms. The number of imidazole rings is 1. The molecule has 0 spiro atoms. The standard InChI is InChI=1S/C11H13N5O/c1-2-14-11(15-3-1)17-7-10-6-12-4-9-5-13-8-16(9)10/h1-3,5,8,10,12H,4,6-7H2. The Hall–Kier alpha value is -1.95. The molecule has 1 N–H and O–H groups in total. The smallest absolute Gasteiger partial charge is 0.316 e. The summed E-state index contributed by atoms with van der Waals surface area (Å²) in [5, 5.41) is 3.33. The predicted molar refractivity (Wildman–Crippen MR) is 60.5 cm³/mol. The van der Waals surface area contributed by atoms with E-state index in [0.717, 1.165) is 13.1 Å². The maximum absolute atomic E-state index is 5.56. The zero-order chi connectivity index (χ0) is 11.5. The van der Waals surface area contributed by atoms with E-state index in [9.17, 15) is 0 Å². The van der Waals surface area contributed by atoms with Crippen molar-refractivity contribution in [2.75, 3.05) is 13.2 Å². The van der Waals surface area contributed by atoms with Crippen LogP contribution in [0, 0.1) is 0 Å². The molecule has 2 aromatic heterocycles. The summed E-state index contributed by atoms with van der Waals surface area (Å²) in [6.45, 7) is 2.27. The van der Waals surface area contributed by atoms with Gasteiger partial charge in [0.2, 0.25) is 0 Å². The molecule has 0 bridgehead atoms. The number of hydrogen-bond donors (Lipinski definition) is 1. The second kappa shape index (κ2) is 4.50. The second-order valence-corrected chi connectivity index (χ2v) is 3.92. The van der Waals surface area contributed by atoms with Gasteiger partial charge in [0, 0.05) is 31.7 Å². The molecule has 3 rings (SSSR count). The van der Waals surface area contributed by atoms with Gasteiger partial charge in [-0.05, 0) is 6.07 Å². The van der Waals surface area contributed by atoms with Crippen molar-refractivity contribution in [3.8, 4) is 6.01 Å². The molecular formula is C11H13N5O. The second-order valence-electron chi connectivity index (χ2n) is 3.92. The highest BCUT2D eigenvalue weighted by Crippen LogP contribution is 2.15. The molecule has 17 heavy (non-hydrogen) atoms. The van der Waals surface area contributed by atoms with Gasteiger partial charge in [-0.25, -0.2) is 15.0 Å². The SMILES string of the molecule is c1cnc(OCC2CNCc3cncn32)nc1. The van der Waals surface area contributed by atoms with E-state index in [-0.39, 0.29) is 6.04 Å². The van der Waals surface area contributed by atoms with Crippen LogP contribution in [0.3, 0.4) is 0 Å². The number of ether oxygens (including phenoxy) is 1. The van der Waals surface area contributed by atoms with Crippen LogP contribution in [0.5, 0.6) is 6.01 Å². The van der Waals surface area contributed by atoms with Gasteiger partial charge in [-0.3, -0.25) is 0 Å². The summed E-state index contributed by atoms with van der Waals surface area (Å²) < 4.78 is 7.70. The number of nitrogens with one attached hydrogen (secondary N) is 1. The first-order chi connectivity index (χ1) is 8.43. The van der Waals surface area contributed by atoms with Crippen molar-refractivity contribution in [1.29, 1.82) is 0 Å². The summed E-state index contributed by atoms with van der Waals surface area (Å²) in [5.41, 5.74) is 1.18. The zero-order valence-corrected chi connectivity index (χ0v) is 9.28. The Morgan fingerprint density at radius 1 is 1.41 bits per heavy atom. The van der Waals surface area contributed by atoms with E-state index < -0.39 is 0 Å². The first kappa shape index (κ1) is 10.2. The van der Waals surface area contributed by atoms with Gasteiger partial charge in [-0.15, -0.1) is 0 Å². The highest BCUT2D eigenvalue weighted by molar-refractivity contribution is 5.04. The van der Waals surface area contributed by atoms with Gasteiger partial charge in [0.05, 0.1) is 18.1 Å². The lowest BCUT2D eigenvalue weighted by atomic mass is 10.2. The van der Waals surface area contributed by atoms with E-state index >= 15 is 0 Å². The van der Waals surface area contributed by atoms with Crippen LogP contribution in [0.1, 0.15) is 11.7 Å². The number of fused-ring (bicyclic) bond motifs is 1. The minimum Gasteiger partial charge on any atom is -0.461 e. The van der Waals surface area contributed by atoms with Crippen LogP contribution in [-0.2, 0) is 6.54 Å². The van der Waals surface area contributed by atoms with Crippen molar-refractivity contribution < 1.29 is 4.74 Å². The molecule has 0 aromatic carbocycles. The highest BCUT2D eigenvalue weighted by Gasteiger charge is 2.19. The number of nitrogens with zero attached hydrogens (tertiary/aromatic N) is 4. The van der Waals surface area contributed by atoms with Crippen molar-refractivity contribution in [2.24, 2.45) is 0 Å². The third-order valence-corrected chi connectivity index (χ3v) is 2.77. The van der Waals surface area contributed by atoms with E-state index in [1.54, 1.807) is 18.5 Å². The fraction of sp³-hybridized carbons (Fsp3) is 0.364.